The standard InChI is InChI=1S/C37H46N6O7S2/c1-21(2)28-20-51-34(39-28)27-17-31(26-13-14-30(49-5)22(3)32(26)38-27)50-24-16-29-33(44)40-37(35(45)41-52(47,48)25-11-12-25)18-23(37)10-8-6-7-9-15-42(4)36(46)43(29)19-24/h8,10,13-14,17,20-21,23-25,29H,6-7,9,11-12,15-16,18-19H2,1-5H3,(H,40,44)(H,41,45)/b10-8-/t23-,24-,29+,37-/m1/s1. The van der Waals surface area contributed by atoms with E-state index < -0.39 is 44.8 Å². The van der Waals surface area contributed by atoms with E-state index in [1.807, 2.05) is 42.7 Å². The van der Waals surface area contributed by atoms with E-state index in [9.17, 15) is 22.8 Å². The van der Waals surface area contributed by atoms with Crippen molar-refractivity contribution in [2.24, 2.45) is 5.92 Å². The first-order chi connectivity index (χ1) is 24.8. The Bertz CT molecular complexity index is 2040. The molecule has 3 aromatic rings. The van der Waals surface area contributed by atoms with Crippen molar-refractivity contribution in [3.8, 4) is 22.2 Å². The number of carbonyl (C=O) groups is 3. The number of hydrogen-bond donors (Lipinski definition) is 2. The number of hydrogen-bond acceptors (Lipinski definition) is 10. The summed E-state index contributed by atoms with van der Waals surface area (Å²) in [6, 6.07) is 4.35. The molecule has 3 fully saturated rings. The van der Waals surface area contributed by atoms with Gasteiger partial charge in [0.1, 0.15) is 39.9 Å². The van der Waals surface area contributed by atoms with Crippen LogP contribution in [0.3, 0.4) is 0 Å². The summed E-state index contributed by atoms with van der Waals surface area (Å²) in [6.45, 7) is 6.76. The third-order valence-electron chi connectivity index (χ3n) is 10.6. The van der Waals surface area contributed by atoms with Crippen LogP contribution in [0.4, 0.5) is 4.79 Å². The molecule has 4 aliphatic rings. The van der Waals surface area contributed by atoms with Crippen LogP contribution in [0.5, 0.6) is 11.5 Å². The zero-order valence-corrected chi connectivity index (χ0v) is 31.8. The second-order valence-corrected chi connectivity index (χ2v) is 17.6. The van der Waals surface area contributed by atoms with Gasteiger partial charge in [0.15, 0.2) is 0 Å². The molecule has 0 radical (unpaired) electrons. The first kappa shape index (κ1) is 36.1. The SMILES string of the molecule is COc1ccc2c(O[C@@H]3C[C@H]4C(=O)N[C@]5(C(=O)NS(=O)(=O)C6CC6)C[C@H]5/C=C\CCCCN(C)C(=O)N4C3)cc(-c3nc(C(C)C)cs3)nc2c1C. The molecule has 2 saturated carbocycles. The van der Waals surface area contributed by atoms with Gasteiger partial charge in [-0.2, -0.15) is 0 Å². The summed E-state index contributed by atoms with van der Waals surface area (Å²) in [4.78, 5) is 54.8. The molecule has 2 aromatic heterocycles. The number of amides is 4. The molecule has 1 aromatic carbocycles. The fraction of sp³-hybridized carbons (Fsp3) is 0.541. The Kier molecular flexibility index (Phi) is 9.70. The number of sulfonamides is 1. The number of fused-ring (bicyclic) bond motifs is 3. The molecule has 1 saturated heterocycles. The molecular formula is C37H46N6O7S2. The zero-order valence-electron chi connectivity index (χ0n) is 30.2. The summed E-state index contributed by atoms with van der Waals surface area (Å²) >= 11 is 1.51. The van der Waals surface area contributed by atoms with Crippen molar-refractivity contribution in [3.63, 3.8) is 0 Å². The minimum atomic E-state index is -3.84. The average Bonchev–Trinajstić information content (AvgIpc) is 3.98. The minimum Gasteiger partial charge on any atom is -0.496 e. The summed E-state index contributed by atoms with van der Waals surface area (Å²) in [5.41, 5.74) is 1.72. The number of aromatic nitrogens is 2. The Labute approximate surface area is 308 Å². The van der Waals surface area contributed by atoms with E-state index in [0.717, 1.165) is 40.9 Å². The monoisotopic (exact) mass is 750 g/mol. The molecule has 0 bridgehead atoms. The molecule has 0 unspecified atom stereocenters. The molecule has 278 valence electrons. The van der Waals surface area contributed by atoms with E-state index in [1.165, 1.54) is 16.2 Å². The Morgan fingerprint density at radius 2 is 1.94 bits per heavy atom. The fourth-order valence-electron chi connectivity index (χ4n) is 7.15. The molecule has 4 amide bonds. The maximum atomic E-state index is 14.2. The number of methoxy groups -OCH3 is 1. The topological polar surface area (TPSA) is 160 Å². The van der Waals surface area contributed by atoms with Gasteiger partial charge in [-0.05, 0) is 63.5 Å². The van der Waals surface area contributed by atoms with Crippen LogP contribution < -0.4 is 19.5 Å². The maximum absolute atomic E-state index is 14.2. The molecule has 52 heavy (non-hydrogen) atoms. The first-order valence-corrected chi connectivity index (χ1v) is 20.4. The molecule has 2 aliphatic heterocycles. The predicted molar refractivity (Wildman–Crippen MR) is 198 cm³/mol. The van der Waals surface area contributed by atoms with Crippen molar-refractivity contribution >= 4 is 50.1 Å². The van der Waals surface area contributed by atoms with Gasteiger partial charge in [0.25, 0.3) is 5.91 Å². The normalized spacial score (nSPS) is 26.0. The van der Waals surface area contributed by atoms with Crippen LogP contribution in [0.15, 0.2) is 35.7 Å². The number of aryl methyl sites for hydroxylation is 1. The van der Waals surface area contributed by atoms with Crippen molar-refractivity contribution in [1.82, 2.24) is 29.8 Å². The van der Waals surface area contributed by atoms with Gasteiger partial charge in [0, 0.05) is 48.3 Å². The summed E-state index contributed by atoms with van der Waals surface area (Å²) in [5.74, 6) is -0.150. The Hall–Kier alpha value is -4.24. The summed E-state index contributed by atoms with van der Waals surface area (Å²) in [5, 5.41) is 5.86. The lowest BCUT2D eigenvalue weighted by atomic mass is 10.1. The van der Waals surface area contributed by atoms with Gasteiger partial charge in [-0.1, -0.05) is 26.0 Å². The second kappa shape index (κ2) is 14.0. The van der Waals surface area contributed by atoms with Crippen molar-refractivity contribution in [3.05, 3.63) is 47.0 Å². The Morgan fingerprint density at radius 1 is 1.15 bits per heavy atom. The van der Waals surface area contributed by atoms with Gasteiger partial charge in [0.2, 0.25) is 15.9 Å². The quantitative estimate of drug-likeness (QED) is 0.306. The van der Waals surface area contributed by atoms with E-state index in [2.05, 4.69) is 23.9 Å². The summed E-state index contributed by atoms with van der Waals surface area (Å²) in [6.07, 6.45) is 7.06. The second-order valence-electron chi connectivity index (χ2n) is 14.7. The highest BCUT2D eigenvalue weighted by molar-refractivity contribution is 7.91. The number of carbonyl (C=O) groups excluding carboxylic acids is 3. The van der Waals surface area contributed by atoms with Gasteiger partial charge in [-0.3, -0.25) is 14.3 Å². The van der Waals surface area contributed by atoms with Crippen LogP contribution in [0.25, 0.3) is 21.6 Å². The lowest BCUT2D eigenvalue weighted by Crippen LogP contribution is -2.57. The first-order valence-electron chi connectivity index (χ1n) is 18.0. The zero-order chi connectivity index (χ0) is 36.9. The van der Waals surface area contributed by atoms with Gasteiger partial charge >= 0.3 is 6.03 Å². The lowest BCUT2D eigenvalue weighted by Gasteiger charge is -2.30. The molecule has 0 spiro atoms. The van der Waals surface area contributed by atoms with Gasteiger partial charge in [-0.15, -0.1) is 11.3 Å². The number of rotatable bonds is 8. The Morgan fingerprint density at radius 3 is 2.65 bits per heavy atom. The van der Waals surface area contributed by atoms with Crippen LogP contribution in [0, 0.1) is 12.8 Å². The molecule has 13 nitrogen and oxygen atoms in total. The predicted octanol–water partition coefficient (Wildman–Crippen LogP) is 4.90. The lowest BCUT2D eigenvalue weighted by molar-refractivity contribution is -0.131. The van der Waals surface area contributed by atoms with Crippen LogP contribution in [0.1, 0.15) is 76.0 Å². The Balaban J connectivity index is 1.21. The van der Waals surface area contributed by atoms with Crippen LogP contribution in [0.2, 0.25) is 0 Å². The highest BCUT2D eigenvalue weighted by Crippen LogP contribution is 2.46. The van der Waals surface area contributed by atoms with Crippen molar-refractivity contribution in [2.45, 2.75) is 94.6 Å². The van der Waals surface area contributed by atoms with Crippen molar-refractivity contribution in [2.75, 3.05) is 27.2 Å². The smallest absolute Gasteiger partial charge is 0.320 e. The molecular weight excluding hydrogens is 705 g/mol. The van der Waals surface area contributed by atoms with Crippen LogP contribution in [-0.2, 0) is 19.6 Å². The molecule has 4 atom stereocenters. The number of ether oxygens (including phenoxy) is 2. The highest BCUT2D eigenvalue weighted by Gasteiger charge is 2.62. The molecule has 7 rings (SSSR count). The molecule has 15 heteroatoms. The van der Waals surface area contributed by atoms with Crippen LogP contribution in [-0.4, -0.2) is 96.2 Å². The highest BCUT2D eigenvalue weighted by atomic mass is 32.2. The van der Waals surface area contributed by atoms with Gasteiger partial charge < -0.3 is 24.6 Å². The van der Waals surface area contributed by atoms with E-state index in [1.54, 1.807) is 19.1 Å². The van der Waals surface area contributed by atoms with E-state index in [4.69, 9.17) is 19.4 Å². The number of urea groups is 1. The third-order valence-corrected chi connectivity index (χ3v) is 13.3. The number of nitrogens with one attached hydrogen (secondary N) is 2. The fourth-order valence-corrected chi connectivity index (χ4v) is 9.46. The van der Waals surface area contributed by atoms with E-state index in [0.29, 0.717) is 42.1 Å². The summed E-state index contributed by atoms with van der Waals surface area (Å²) in [7, 11) is -0.502. The van der Waals surface area contributed by atoms with E-state index >= 15 is 0 Å². The third kappa shape index (κ3) is 6.96. The van der Waals surface area contributed by atoms with E-state index in [-0.39, 0.29) is 37.3 Å². The number of benzene rings is 1. The van der Waals surface area contributed by atoms with Gasteiger partial charge in [-0.25, -0.2) is 23.2 Å². The molecule has 2 aliphatic carbocycles. The molecule has 4 heterocycles. The summed E-state index contributed by atoms with van der Waals surface area (Å²) < 4.78 is 40.1. The largest absolute Gasteiger partial charge is 0.496 e. The van der Waals surface area contributed by atoms with Crippen molar-refractivity contribution < 1.29 is 32.3 Å². The average molecular weight is 751 g/mol. The number of pyridine rings is 1. The maximum Gasteiger partial charge on any atom is 0.320 e. The number of thiazole rings is 1. The number of nitrogens with zero attached hydrogens (tertiary/aromatic N) is 4. The number of allylic oxidation sites excluding steroid dienone is 1. The van der Waals surface area contributed by atoms with Gasteiger partial charge in [0.05, 0.1) is 30.1 Å². The van der Waals surface area contributed by atoms with Crippen LogP contribution >= 0.6 is 11.3 Å². The minimum absolute atomic E-state index is 0.128. The van der Waals surface area contributed by atoms with Crippen molar-refractivity contribution in [1.29, 1.82) is 0 Å². The molecule has 2 N–H and O–H groups in total.